The van der Waals surface area contributed by atoms with Crippen molar-refractivity contribution >= 4 is 21.7 Å². The van der Waals surface area contributed by atoms with E-state index in [4.69, 9.17) is 5.11 Å². The summed E-state index contributed by atoms with van der Waals surface area (Å²) in [6.45, 7) is 3.56. The van der Waals surface area contributed by atoms with Gasteiger partial charge < -0.3 is 10.0 Å². The predicted molar refractivity (Wildman–Crippen MR) is 65.7 cm³/mol. The van der Waals surface area contributed by atoms with Crippen LogP contribution < -0.4 is 0 Å². The smallest absolute Gasteiger partial charge is 0.307 e. The third kappa shape index (κ3) is 3.01. The van der Waals surface area contributed by atoms with Gasteiger partial charge in [0.1, 0.15) is 9.84 Å². The van der Waals surface area contributed by atoms with Crippen LogP contribution in [0.4, 0.5) is 0 Å². The maximum Gasteiger partial charge on any atom is 0.307 e. The highest BCUT2D eigenvalue weighted by Crippen LogP contribution is 2.58. The quantitative estimate of drug-likeness (QED) is 0.754. The Hall–Kier alpha value is -1.11. The molecule has 1 rings (SSSR count). The number of carbonyl (C=O) groups excluding carboxylic acids is 1. The molecule has 0 aromatic carbocycles. The Morgan fingerprint density at radius 1 is 1.28 bits per heavy atom. The normalized spacial score (nSPS) is 25.6. The molecule has 18 heavy (non-hydrogen) atoms. The van der Waals surface area contributed by atoms with Crippen molar-refractivity contribution in [2.45, 2.75) is 13.8 Å². The molecule has 6 nitrogen and oxygen atoms in total. The molecule has 0 spiro atoms. The Kier molecular flexibility index (Phi) is 3.76. The average molecular weight is 277 g/mol. The fraction of sp³-hybridized carbons (Fsp3) is 0.818. The monoisotopic (exact) mass is 277 g/mol. The molecule has 0 unspecified atom stereocenters. The Bertz CT molecular complexity index is 468. The van der Waals surface area contributed by atoms with Gasteiger partial charge in [0.2, 0.25) is 5.91 Å². The summed E-state index contributed by atoms with van der Waals surface area (Å²) in [5.74, 6) is -2.61. The van der Waals surface area contributed by atoms with E-state index in [2.05, 4.69) is 0 Å². The zero-order valence-electron chi connectivity index (χ0n) is 11.0. The molecule has 1 fully saturated rings. The van der Waals surface area contributed by atoms with E-state index in [1.807, 2.05) is 0 Å². The van der Waals surface area contributed by atoms with Gasteiger partial charge >= 0.3 is 5.97 Å². The second kappa shape index (κ2) is 4.53. The van der Waals surface area contributed by atoms with Gasteiger partial charge in [-0.25, -0.2) is 8.42 Å². The molecule has 1 aliphatic carbocycles. The first-order chi connectivity index (χ1) is 7.98. The minimum absolute atomic E-state index is 0.0938. The van der Waals surface area contributed by atoms with Gasteiger partial charge in [-0.1, -0.05) is 13.8 Å². The van der Waals surface area contributed by atoms with E-state index in [-0.39, 0.29) is 18.2 Å². The van der Waals surface area contributed by atoms with Crippen molar-refractivity contribution in [2.24, 2.45) is 17.3 Å². The van der Waals surface area contributed by atoms with Crippen LogP contribution in [0.1, 0.15) is 13.8 Å². The highest BCUT2D eigenvalue weighted by Gasteiger charge is 2.66. The van der Waals surface area contributed by atoms with E-state index >= 15 is 0 Å². The van der Waals surface area contributed by atoms with Crippen molar-refractivity contribution in [1.29, 1.82) is 0 Å². The summed E-state index contributed by atoms with van der Waals surface area (Å²) in [5.41, 5.74) is -0.553. The molecule has 1 saturated carbocycles. The average Bonchev–Trinajstić information content (AvgIpc) is 2.75. The van der Waals surface area contributed by atoms with Crippen LogP contribution in [0.25, 0.3) is 0 Å². The summed E-state index contributed by atoms with van der Waals surface area (Å²) >= 11 is 0. The summed E-state index contributed by atoms with van der Waals surface area (Å²) < 4.78 is 22.0. The van der Waals surface area contributed by atoms with E-state index < -0.39 is 33.1 Å². The number of hydrogen-bond donors (Lipinski definition) is 1. The van der Waals surface area contributed by atoms with Crippen LogP contribution in [-0.4, -0.2) is 55.9 Å². The summed E-state index contributed by atoms with van der Waals surface area (Å²) in [6.07, 6.45) is 1.10. The highest BCUT2D eigenvalue weighted by atomic mass is 32.2. The van der Waals surface area contributed by atoms with Gasteiger partial charge in [-0.2, -0.15) is 0 Å². The number of aliphatic carboxylic acids is 1. The van der Waals surface area contributed by atoms with Gasteiger partial charge in [-0.05, 0) is 5.41 Å². The van der Waals surface area contributed by atoms with Gasteiger partial charge in [0.25, 0.3) is 0 Å². The predicted octanol–water partition coefficient (Wildman–Crippen LogP) is -0.154. The zero-order valence-corrected chi connectivity index (χ0v) is 11.8. The van der Waals surface area contributed by atoms with Gasteiger partial charge in [0.05, 0.1) is 17.6 Å². The molecule has 7 heteroatoms. The number of amides is 1. The minimum atomic E-state index is -3.13. The first-order valence-corrected chi connectivity index (χ1v) is 7.70. The summed E-state index contributed by atoms with van der Waals surface area (Å²) in [7, 11) is -1.63. The van der Waals surface area contributed by atoms with Crippen LogP contribution in [0, 0.1) is 17.3 Å². The largest absolute Gasteiger partial charge is 0.481 e. The lowest BCUT2D eigenvalue weighted by molar-refractivity contribution is -0.141. The molecule has 0 saturated heterocycles. The Balaban J connectivity index is 2.64. The molecule has 0 radical (unpaired) electrons. The molecular formula is C11H19NO5S. The fourth-order valence-electron chi connectivity index (χ4n) is 2.21. The molecule has 1 N–H and O–H groups in total. The first kappa shape index (κ1) is 14.9. The van der Waals surface area contributed by atoms with Gasteiger partial charge in [0.15, 0.2) is 0 Å². The third-order valence-corrected chi connectivity index (χ3v) is 4.46. The molecule has 104 valence electrons. The highest BCUT2D eigenvalue weighted by molar-refractivity contribution is 7.90. The zero-order chi connectivity index (χ0) is 14.3. The lowest BCUT2D eigenvalue weighted by Crippen LogP contribution is -2.33. The maximum absolute atomic E-state index is 12.0. The van der Waals surface area contributed by atoms with Crippen LogP contribution in [0.15, 0.2) is 0 Å². The number of carboxylic acid groups (broad SMARTS) is 1. The molecule has 0 heterocycles. The van der Waals surface area contributed by atoms with Crippen molar-refractivity contribution in [1.82, 2.24) is 4.90 Å². The van der Waals surface area contributed by atoms with Crippen LogP contribution in [0.2, 0.25) is 0 Å². The fourth-order valence-corrected chi connectivity index (χ4v) is 2.82. The molecule has 1 aliphatic rings. The number of rotatable bonds is 5. The lowest BCUT2D eigenvalue weighted by Gasteiger charge is -2.17. The van der Waals surface area contributed by atoms with Crippen LogP contribution in [0.5, 0.6) is 0 Å². The van der Waals surface area contributed by atoms with E-state index in [1.54, 1.807) is 13.8 Å². The van der Waals surface area contributed by atoms with E-state index in [1.165, 1.54) is 11.9 Å². The Morgan fingerprint density at radius 3 is 2.11 bits per heavy atom. The summed E-state index contributed by atoms with van der Waals surface area (Å²) in [4.78, 5) is 24.3. The van der Waals surface area contributed by atoms with Crippen molar-refractivity contribution in [2.75, 3.05) is 25.6 Å². The van der Waals surface area contributed by atoms with Gasteiger partial charge in [-0.15, -0.1) is 0 Å². The number of nitrogens with zero attached hydrogens (tertiary/aromatic N) is 1. The molecule has 0 aliphatic heterocycles. The van der Waals surface area contributed by atoms with Crippen molar-refractivity contribution in [3.05, 3.63) is 0 Å². The topological polar surface area (TPSA) is 91.8 Å². The van der Waals surface area contributed by atoms with E-state index in [0.29, 0.717) is 0 Å². The van der Waals surface area contributed by atoms with E-state index in [0.717, 1.165) is 6.26 Å². The number of sulfone groups is 1. The first-order valence-electron chi connectivity index (χ1n) is 5.64. The Morgan fingerprint density at radius 2 is 1.78 bits per heavy atom. The number of hydrogen-bond acceptors (Lipinski definition) is 4. The van der Waals surface area contributed by atoms with Crippen molar-refractivity contribution < 1.29 is 23.1 Å². The SMILES string of the molecule is CN(CCS(C)(=O)=O)C(=O)[C@H]1[C@@H](C(=O)O)C1(C)C. The van der Waals surface area contributed by atoms with Gasteiger partial charge in [0, 0.05) is 19.8 Å². The standard InChI is InChI=1S/C11H19NO5S/c1-11(2)7(8(11)10(14)15)9(13)12(3)5-6-18(4,16)17/h7-8H,5-6H2,1-4H3,(H,14,15)/t7-,8+/m1/s1. The maximum atomic E-state index is 12.0. The molecule has 1 amide bonds. The van der Waals surface area contributed by atoms with E-state index in [9.17, 15) is 18.0 Å². The van der Waals surface area contributed by atoms with Crippen LogP contribution >= 0.6 is 0 Å². The lowest BCUT2D eigenvalue weighted by atomic mass is 10.1. The van der Waals surface area contributed by atoms with Crippen LogP contribution in [-0.2, 0) is 19.4 Å². The second-order valence-corrected chi connectivity index (χ2v) is 7.76. The number of carboxylic acids is 1. The number of carbonyl (C=O) groups is 2. The molecule has 2 atom stereocenters. The summed E-state index contributed by atoms with van der Waals surface area (Å²) in [5, 5.41) is 8.98. The van der Waals surface area contributed by atoms with Crippen molar-refractivity contribution in [3.63, 3.8) is 0 Å². The molecule has 0 aromatic rings. The second-order valence-electron chi connectivity index (χ2n) is 5.50. The van der Waals surface area contributed by atoms with Crippen molar-refractivity contribution in [3.8, 4) is 0 Å². The minimum Gasteiger partial charge on any atom is -0.481 e. The molecule has 0 bridgehead atoms. The third-order valence-electron chi connectivity index (χ3n) is 3.53. The van der Waals surface area contributed by atoms with Crippen LogP contribution in [0.3, 0.4) is 0 Å². The summed E-state index contributed by atoms with van der Waals surface area (Å²) in [6, 6.07) is 0. The molecular weight excluding hydrogens is 258 g/mol. The Labute approximate surface area is 107 Å². The van der Waals surface area contributed by atoms with Gasteiger partial charge in [-0.3, -0.25) is 9.59 Å². The molecule has 0 aromatic heterocycles.